The minimum atomic E-state index is -0.184. The highest BCUT2D eigenvalue weighted by atomic mass is 35.5. The van der Waals surface area contributed by atoms with E-state index in [9.17, 15) is 0 Å². The van der Waals surface area contributed by atoms with Crippen LogP contribution in [0.25, 0.3) is 0 Å². The van der Waals surface area contributed by atoms with Gasteiger partial charge in [-0.2, -0.15) is 0 Å². The summed E-state index contributed by atoms with van der Waals surface area (Å²) in [6.07, 6.45) is 2.49. The van der Waals surface area contributed by atoms with E-state index in [4.69, 9.17) is 34.8 Å². The van der Waals surface area contributed by atoms with Crippen molar-refractivity contribution in [1.82, 2.24) is 4.98 Å². The highest BCUT2D eigenvalue weighted by Crippen LogP contribution is 2.29. The standard InChI is InChI=1S/C14H12Cl3N/c1-9-2-3-13(18-8-9)7-14(17)10-4-11(15)6-12(16)5-10/h2-6,8,14H,7H2,1H3. The van der Waals surface area contributed by atoms with Gasteiger partial charge < -0.3 is 0 Å². The summed E-state index contributed by atoms with van der Waals surface area (Å²) < 4.78 is 0. The molecule has 0 spiro atoms. The van der Waals surface area contributed by atoms with Crippen LogP contribution in [0.5, 0.6) is 0 Å². The number of hydrogen-bond donors (Lipinski definition) is 0. The van der Waals surface area contributed by atoms with Gasteiger partial charge in [0.15, 0.2) is 0 Å². The number of benzene rings is 1. The number of halogens is 3. The first-order valence-corrected chi connectivity index (χ1v) is 6.75. The van der Waals surface area contributed by atoms with Crippen LogP contribution < -0.4 is 0 Å². The summed E-state index contributed by atoms with van der Waals surface area (Å²) in [4.78, 5) is 4.34. The van der Waals surface area contributed by atoms with Gasteiger partial charge in [0.05, 0.1) is 5.38 Å². The van der Waals surface area contributed by atoms with Gasteiger partial charge >= 0.3 is 0 Å². The lowest BCUT2D eigenvalue weighted by molar-refractivity contribution is 0.879. The Labute approximate surface area is 122 Å². The number of pyridine rings is 1. The largest absolute Gasteiger partial charge is 0.261 e. The van der Waals surface area contributed by atoms with Crippen LogP contribution in [0.3, 0.4) is 0 Å². The molecule has 18 heavy (non-hydrogen) atoms. The van der Waals surface area contributed by atoms with Gasteiger partial charge in [-0.15, -0.1) is 11.6 Å². The molecule has 2 rings (SSSR count). The molecular formula is C14H12Cl3N. The van der Waals surface area contributed by atoms with Crippen LogP contribution in [0.1, 0.15) is 22.2 Å². The summed E-state index contributed by atoms with van der Waals surface area (Å²) in [7, 11) is 0. The van der Waals surface area contributed by atoms with Crippen LogP contribution in [0, 0.1) is 6.92 Å². The summed E-state index contributed by atoms with van der Waals surface area (Å²) in [5, 5.41) is 1.01. The van der Waals surface area contributed by atoms with Gasteiger partial charge in [0, 0.05) is 28.4 Å². The van der Waals surface area contributed by atoms with E-state index >= 15 is 0 Å². The Morgan fingerprint density at radius 3 is 2.33 bits per heavy atom. The summed E-state index contributed by atoms with van der Waals surface area (Å²) in [5.74, 6) is 0. The molecule has 2 aromatic rings. The smallest absolute Gasteiger partial charge is 0.0641 e. The third kappa shape index (κ3) is 3.61. The predicted molar refractivity (Wildman–Crippen MR) is 77.7 cm³/mol. The molecule has 1 heterocycles. The molecule has 1 atom stereocenters. The molecule has 0 fully saturated rings. The van der Waals surface area contributed by atoms with Crippen molar-refractivity contribution in [3.63, 3.8) is 0 Å². The predicted octanol–water partition coefficient (Wildman–Crippen LogP) is 5.22. The van der Waals surface area contributed by atoms with Gasteiger partial charge in [-0.1, -0.05) is 29.3 Å². The second-order valence-corrected chi connectivity index (χ2v) is 5.60. The molecule has 0 aliphatic rings. The first-order chi connectivity index (χ1) is 8.54. The highest BCUT2D eigenvalue weighted by molar-refractivity contribution is 6.35. The van der Waals surface area contributed by atoms with Crippen molar-refractivity contribution in [2.75, 3.05) is 0 Å². The molecule has 94 valence electrons. The van der Waals surface area contributed by atoms with Crippen molar-refractivity contribution in [1.29, 1.82) is 0 Å². The molecule has 0 aliphatic carbocycles. The topological polar surface area (TPSA) is 12.9 Å². The Hall–Kier alpha value is -0.760. The lowest BCUT2D eigenvalue weighted by Crippen LogP contribution is -1.98. The monoisotopic (exact) mass is 299 g/mol. The van der Waals surface area contributed by atoms with E-state index in [0.29, 0.717) is 16.5 Å². The third-order valence-corrected chi connectivity index (χ3v) is 3.45. The van der Waals surface area contributed by atoms with Gasteiger partial charge in [-0.25, -0.2) is 0 Å². The Kier molecular flexibility index (Phi) is 4.50. The van der Waals surface area contributed by atoms with E-state index in [1.165, 1.54) is 0 Å². The zero-order valence-electron chi connectivity index (χ0n) is 9.83. The van der Waals surface area contributed by atoms with Gasteiger partial charge in [-0.3, -0.25) is 4.98 Å². The zero-order chi connectivity index (χ0) is 13.1. The number of aryl methyl sites for hydroxylation is 1. The summed E-state index contributed by atoms with van der Waals surface area (Å²) in [6, 6.07) is 9.37. The quantitative estimate of drug-likeness (QED) is 0.708. The Morgan fingerprint density at radius 2 is 1.78 bits per heavy atom. The minimum Gasteiger partial charge on any atom is -0.261 e. The van der Waals surface area contributed by atoms with E-state index < -0.39 is 0 Å². The van der Waals surface area contributed by atoms with Crippen molar-refractivity contribution in [2.45, 2.75) is 18.7 Å². The summed E-state index contributed by atoms with van der Waals surface area (Å²) in [6.45, 7) is 2.01. The van der Waals surface area contributed by atoms with E-state index in [2.05, 4.69) is 4.98 Å². The van der Waals surface area contributed by atoms with Crippen LogP contribution in [0.2, 0.25) is 10.0 Å². The fourth-order valence-corrected chi connectivity index (χ4v) is 2.50. The number of hydrogen-bond acceptors (Lipinski definition) is 1. The van der Waals surface area contributed by atoms with Crippen LogP contribution in [-0.4, -0.2) is 4.98 Å². The van der Waals surface area contributed by atoms with Crippen molar-refractivity contribution in [3.05, 3.63) is 63.4 Å². The average molecular weight is 301 g/mol. The summed E-state index contributed by atoms with van der Waals surface area (Å²) in [5.41, 5.74) is 3.00. The molecule has 1 aromatic heterocycles. The number of aromatic nitrogens is 1. The number of alkyl halides is 1. The van der Waals surface area contributed by atoms with E-state index in [1.54, 1.807) is 6.07 Å². The second-order valence-electron chi connectivity index (χ2n) is 4.20. The van der Waals surface area contributed by atoms with Crippen LogP contribution in [-0.2, 0) is 6.42 Å². The Bertz CT molecular complexity index is 517. The second kappa shape index (κ2) is 5.92. The minimum absolute atomic E-state index is 0.184. The zero-order valence-corrected chi connectivity index (χ0v) is 12.1. The summed E-state index contributed by atoms with van der Waals surface area (Å²) >= 11 is 18.3. The number of rotatable bonds is 3. The molecule has 0 radical (unpaired) electrons. The first kappa shape index (κ1) is 13.7. The molecule has 0 aliphatic heterocycles. The molecule has 0 saturated carbocycles. The van der Waals surface area contributed by atoms with Gasteiger partial charge in [0.1, 0.15) is 0 Å². The maximum atomic E-state index is 6.37. The molecule has 0 bridgehead atoms. The highest BCUT2D eigenvalue weighted by Gasteiger charge is 2.11. The van der Waals surface area contributed by atoms with Crippen LogP contribution in [0.15, 0.2) is 36.5 Å². The SMILES string of the molecule is Cc1ccc(CC(Cl)c2cc(Cl)cc(Cl)c2)nc1. The molecule has 1 aromatic carbocycles. The van der Waals surface area contributed by atoms with Crippen LogP contribution in [0.4, 0.5) is 0 Å². The maximum Gasteiger partial charge on any atom is 0.0641 e. The number of nitrogens with zero attached hydrogens (tertiary/aromatic N) is 1. The molecule has 4 heteroatoms. The lowest BCUT2D eigenvalue weighted by atomic mass is 10.1. The normalized spacial score (nSPS) is 12.4. The van der Waals surface area contributed by atoms with Crippen molar-refractivity contribution < 1.29 is 0 Å². The molecule has 0 amide bonds. The molecule has 0 saturated heterocycles. The molecule has 1 nitrogen and oxygen atoms in total. The van der Waals surface area contributed by atoms with E-state index in [0.717, 1.165) is 16.8 Å². The van der Waals surface area contributed by atoms with E-state index in [1.807, 2.05) is 37.4 Å². The van der Waals surface area contributed by atoms with Crippen molar-refractivity contribution >= 4 is 34.8 Å². The fraction of sp³-hybridized carbons (Fsp3) is 0.214. The van der Waals surface area contributed by atoms with Gasteiger partial charge in [-0.05, 0) is 42.3 Å². The van der Waals surface area contributed by atoms with E-state index in [-0.39, 0.29) is 5.38 Å². The van der Waals surface area contributed by atoms with Crippen molar-refractivity contribution in [2.24, 2.45) is 0 Å². The van der Waals surface area contributed by atoms with Crippen LogP contribution >= 0.6 is 34.8 Å². The Balaban J connectivity index is 2.16. The molecule has 0 N–H and O–H groups in total. The first-order valence-electron chi connectivity index (χ1n) is 5.56. The lowest BCUT2D eigenvalue weighted by Gasteiger charge is -2.10. The Morgan fingerprint density at radius 1 is 1.11 bits per heavy atom. The van der Waals surface area contributed by atoms with Gasteiger partial charge in [0.25, 0.3) is 0 Å². The molecular weight excluding hydrogens is 289 g/mol. The molecule has 1 unspecified atom stereocenters. The van der Waals surface area contributed by atoms with Gasteiger partial charge in [0.2, 0.25) is 0 Å². The van der Waals surface area contributed by atoms with Crippen molar-refractivity contribution in [3.8, 4) is 0 Å². The average Bonchev–Trinajstić information content (AvgIpc) is 2.31. The fourth-order valence-electron chi connectivity index (χ4n) is 1.68. The maximum absolute atomic E-state index is 6.37. The third-order valence-electron chi connectivity index (χ3n) is 2.61.